The number of likely N-dealkylation sites (tertiary alicyclic amines) is 1. The molecule has 1 saturated heterocycles. The molecule has 0 unspecified atom stereocenters. The molecule has 0 aliphatic carbocycles. The Hall–Kier alpha value is -1.30. The Morgan fingerprint density at radius 2 is 1.77 bits per heavy atom. The van der Waals surface area contributed by atoms with Crippen LogP contribution >= 0.6 is 0 Å². The van der Waals surface area contributed by atoms with Crippen molar-refractivity contribution in [3.63, 3.8) is 0 Å². The van der Waals surface area contributed by atoms with Gasteiger partial charge in [-0.05, 0) is 53.0 Å². The number of methoxy groups -OCH3 is 1. The molecule has 0 saturated carbocycles. The summed E-state index contributed by atoms with van der Waals surface area (Å²) in [6.45, 7) is 7.21. The highest BCUT2D eigenvalue weighted by molar-refractivity contribution is 5.77. The van der Waals surface area contributed by atoms with Crippen LogP contribution in [-0.2, 0) is 14.3 Å². The Balaban J connectivity index is 2.64. The van der Waals surface area contributed by atoms with E-state index in [9.17, 15) is 9.59 Å². The minimum absolute atomic E-state index is 0.173. The van der Waals surface area contributed by atoms with E-state index in [0.29, 0.717) is 32.5 Å². The molecule has 1 rings (SSSR count). The third-order valence-corrected chi connectivity index (χ3v) is 4.10. The summed E-state index contributed by atoms with van der Waals surface area (Å²) in [6.07, 6.45) is 3.48. The third kappa shape index (κ3) is 5.16. The van der Waals surface area contributed by atoms with Crippen LogP contribution in [-0.4, -0.2) is 49.3 Å². The van der Waals surface area contributed by atoms with Gasteiger partial charge in [-0.15, -0.1) is 0 Å². The Morgan fingerprint density at radius 1 is 1.18 bits per heavy atom. The molecule has 0 atom stereocenters. The smallest absolute Gasteiger partial charge is 0.410 e. The van der Waals surface area contributed by atoms with Gasteiger partial charge in [0.1, 0.15) is 5.60 Å². The first-order chi connectivity index (χ1) is 10.2. The van der Waals surface area contributed by atoms with Crippen LogP contribution in [0.25, 0.3) is 0 Å². The van der Waals surface area contributed by atoms with Crippen molar-refractivity contribution in [2.45, 2.75) is 58.5 Å². The van der Waals surface area contributed by atoms with Gasteiger partial charge >= 0.3 is 12.1 Å². The number of hydrogen-bond acceptors (Lipinski definition) is 5. The normalized spacial score (nSPS) is 18.0. The van der Waals surface area contributed by atoms with Crippen molar-refractivity contribution in [2.75, 3.05) is 26.7 Å². The topological polar surface area (TPSA) is 81.9 Å². The number of rotatable bonds is 5. The Kier molecular flexibility index (Phi) is 6.66. The molecule has 22 heavy (non-hydrogen) atoms. The van der Waals surface area contributed by atoms with E-state index in [1.54, 1.807) is 4.90 Å². The van der Waals surface area contributed by atoms with E-state index in [1.165, 1.54) is 7.11 Å². The zero-order chi connectivity index (χ0) is 16.8. The number of carbonyl (C=O) groups is 2. The van der Waals surface area contributed by atoms with E-state index < -0.39 is 11.0 Å². The summed E-state index contributed by atoms with van der Waals surface area (Å²) >= 11 is 0. The summed E-state index contributed by atoms with van der Waals surface area (Å²) in [7, 11) is 1.42. The monoisotopic (exact) mass is 314 g/mol. The average molecular weight is 314 g/mol. The fourth-order valence-electron chi connectivity index (χ4n) is 2.82. The van der Waals surface area contributed by atoms with Gasteiger partial charge in [0.05, 0.1) is 12.5 Å². The minimum atomic E-state index is -0.505. The highest BCUT2D eigenvalue weighted by Crippen LogP contribution is 2.38. The molecule has 1 heterocycles. The van der Waals surface area contributed by atoms with Crippen LogP contribution < -0.4 is 5.73 Å². The molecule has 128 valence electrons. The lowest BCUT2D eigenvalue weighted by Crippen LogP contribution is -2.48. The molecule has 2 N–H and O–H groups in total. The lowest BCUT2D eigenvalue weighted by Gasteiger charge is -2.40. The molecule has 0 aromatic carbocycles. The van der Waals surface area contributed by atoms with E-state index in [2.05, 4.69) is 0 Å². The fraction of sp³-hybridized carbons (Fsp3) is 0.875. The molecule has 1 aliphatic heterocycles. The molecule has 0 aromatic rings. The van der Waals surface area contributed by atoms with Gasteiger partial charge in [0.15, 0.2) is 0 Å². The van der Waals surface area contributed by atoms with Gasteiger partial charge < -0.3 is 20.1 Å². The van der Waals surface area contributed by atoms with Gasteiger partial charge in [0, 0.05) is 13.1 Å². The largest absolute Gasteiger partial charge is 0.469 e. The van der Waals surface area contributed by atoms with Crippen molar-refractivity contribution < 1.29 is 19.1 Å². The number of piperidine rings is 1. The van der Waals surface area contributed by atoms with E-state index >= 15 is 0 Å². The Bertz CT molecular complexity index is 382. The first kappa shape index (κ1) is 18.7. The number of carbonyl (C=O) groups excluding carboxylic acids is 2. The number of ether oxygens (including phenoxy) is 2. The molecule has 0 radical (unpaired) electrons. The van der Waals surface area contributed by atoms with Gasteiger partial charge in [-0.1, -0.05) is 6.42 Å². The first-order valence-electron chi connectivity index (χ1n) is 8.00. The lowest BCUT2D eigenvalue weighted by atomic mass is 9.74. The molecule has 0 spiro atoms. The number of unbranched alkanes of at least 4 members (excludes halogenated alkanes) is 1. The van der Waals surface area contributed by atoms with E-state index in [0.717, 1.165) is 19.3 Å². The summed E-state index contributed by atoms with van der Waals surface area (Å²) in [5.41, 5.74) is 4.54. The van der Waals surface area contributed by atoms with Crippen LogP contribution in [0.3, 0.4) is 0 Å². The Labute approximate surface area is 133 Å². The number of esters is 1. The van der Waals surface area contributed by atoms with Crippen molar-refractivity contribution in [1.82, 2.24) is 4.90 Å². The van der Waals surface area contributed by atoms with Crippen LogP contribution in [0.1, 0.15) is 52.9 Å². The maximum atomic E-state index is 12.2. The van der Waals surface area contributed by atoms with Gasteiger partial charge in [-0.3, -0.25) is 4.79 Å². The zero-order valence-electron chi connectivity index (χ0n) is 14.3. The molecule has 6 heteroatoms. The maximum absolute atomic E-state index is 12.2. The molecular formula is C16H30N2O4. The Morgan fingerprint density at radius 3 is 2.23 bits per heavy atom. The van der Waals surface area contributed by atoms with Crippen LogP contribution in [0.5, 0.6) is 0 Å². The van der Waals surface area contributed by atoms with E-state index in [1.807, 2.05) is 20.8 Å². The average Bonchev–Trinajstić information content (AvgIpc) is 2.45. The number of hydrogen-bond donors (Lipinski definition) is 1. The first-order valence-corrected chi connectivity index (χ1v) is 8.00. The van der Waals surface area contributed by atoms with E-state index in [-0.39, 0.29) is 12.1 Å². The van der Waals surface area contributed by atoms with Crippen LogP contribution in [0.2, 0.25) is 0 Å². The van der Waals surface area contributed by atoms with Crippen molar-refractivity contribution in [3.05, 3.63) is 0 Å². The predicted molar refractivity (Wildman–Crippen MR) is 84.4 cm³/mol. The maximum Gasteiger partial charge on any atom is 0.410 e. The molecule has 1 aliphatic rings. The second-order valence-electron chi connectivity index (χ2n) is 6.99. The summed E-state index contributed by atoms with van der Waals surface area (Å²) in [5, 5.41) is 0. The van der Waals surface area contributed by atoms with Gasteiger partial charge in [-0.25, -0.2) is 4.79 Å². The summed E-state index contributed by atoms with van der Waals surface area (Å²) in [5.74, 6) is -0.173. The van der Waals surface area contributed by atoms with Crippen molar-refractivity contribution in [1.29, 1.82) is 0 Å². The molecule has 0 bridgehead atoms. The zero-order valence-corrected chi connectivity index (χ0v) is 14.3. The summed E-state index contributed by atoms with van der Waals surface area (Å²) < 4.78 is 10.4. The molecule has 0 aromatic heterocycles. The van der Waals surface area contributed by atoms with Crippen molar-refractivity contribution in [3.8, 4) is 0 Å². The summed E-state index contributed by atoms with van der Waals surface area (Å²) in [6, 6.07) is 0. The fourth-order valence-corrected chi connectivity index (χ4v) is 2.82. The lowest BCUT2D eigenvalue weighted by molar-refractivity contribution is -0.156. The van der Waals surface area contributed by atoms with Crippen molar-refractivity contribution in [2.24, 2.45) is 11.1 Å². The molecule has 1 amide bonds. The van der Waals surface area contributed by atoms with Crippen molar-refractivity contribution >= 4 is 12.1 Å². The second kappa shape index (κ2) is 7.81. The minimum Gasteiger partial charge on any atom is -0.469 e. The number of nitrogens with two attached hydrogens (primary N) is 1. The van der Waals surface area contributed by atoms with Gasteiger partial charge in [0.2, 0.25) is 0 Å². The molecular weight excluding hydrogens is 284 g/mol. The van der Waals surface area contributed by atoms with Gasteiger partial charge in [0.25, 0.3) is 0 Å². The highest BCUT2D eigenvalue weighted by atomic mass is 16.6. The quantitative estimate of drug-likeness (QED) is 0.622. The SMILES string of the molecule is COC(=O)C1(CCCCN)CCN(C(=O)OC(C)(C)C)CC1. The van der Waals surface area contributed by atoms with E-state index in [4.69, 9.17) is 15.2 Å². The second-order valence-corrected chi connectivity index (χ2v) is 6.99. The van der Waals surface area contributed by atoms with Crippen LogP contribution in [0, 0.1) is 5.41 Å². The number of nitrogens with zero attached hydrogens (tertiary/aromatic N) is 1. The highest BCUT2D eigenvalue weighted by Gasteiger charge is 2.43. The van der Waals surface area contributed by atoms with Gasteiger partial charge in [-0.2, -0.15) is 0 Å². The number of amides is 1. The third-order valence-electron chi connectivity index (χ3n) is 4.10. The summed E-state index contributed by atoms with van der Waals surface area (Å²) in [4.78, 5) is 26.0. The molecule has 6 nitrogen and oxygen atoms in total. The van der Waals surface area contributed by atoms with Crippen LogP contribution in [0.15, 0.2) is 0 Å². The predicted octanol–water partition coefficient (Wildman–Crippen LogP) is 2.31. The molecule has 1 fully saturated rings. The van der Waals surface area contributed by atoms with Crippen LogP contribution in [0.4, 0.5) is 4.79 Å². The standard InChI is InChI=1S/C16H30N2O4/c1-15(2,3)22-14(20)18-11-8-16(9-12-18,13(19)21-4)7-5-6-10-17/h5-12,17H2,1-4H3.